The highest BCUT2D eigenvalue weighted by atomic mass is 28.3. The summed E-state index contributed by atoms with van der Waals surface area (Å²) in [5.41, 5.74) is 2.50. The van der Waals surface area contributed by atoms with Crippen LogP contribution in [0, 0.1) is 17.3 Å². The van der Waals surface area contributed by atoms with Gasteiger partial charge in [-0.3, -0.25) is 0 Å². The van der Waals surface area contributed by atoms with Gasteiger partial charge in [-0.05, 0) is 55.0 Å². The largest absolute Gasteiger partial charge is 0.489 e. The molecule has 0 amide bonds. The molecule has 6 rings (SSSR count). The van der Waals surface area contributed by atoms with Crippen LogP contribution in [0.3, 0.4) is 0 Å². The summed E-state index contributed by atoms with van der Waals surface area (Å²) < 4.78 is 20.1. The van der Waals surface area contributed by atoms with Crippen molar-refractivity contribution in [1.29, 1.82) is 0 Å². The van der Waals surface area contributed by atoms with Gasteiger partial charge in [0.15, 0.2) is 0 Å². The van der Waals surface area contributed by atoms with Crippen LogP contribution in [0.15, 0.2) is 72.7 Å². The fraction of sp³-hybridized carbons (Fsp3) is 0.533. The first-order chi connectivity index (χ1) is 16.5. The van der Waals surface area contributed by atoms with Gasteiger partial charge < -0.3 is 14.0 Å². The topological polar surface area (TPSA) is 27.7 Å². The van der Waals surface area contributed by atoms with Gasteiger partial charge in [0.2, 0.25) is 0 Å². The van der Waals surface area contributed by atoms with Gasteiger partial charge in [0, 0.05) is 5.54 Å². The lowest BCUT2D eigenvalue weighted by Crippen LogP contribution is -2.65. The molecule has 1 heterocycles. The average Bonchev–Trinajstić information content (AvgIpc) is 3.21. The Morgan fingerprint density at radius 1 is 1.06 bits per heavy atom. The van der Waals surface area contributed by atoms with Crippen molar-refractivity contribution in [3.05, 3.63) is 78.3 Å². The first-order valence-corrected chi connectivity index (χ1v) is 16.4. The molecule has 5 heteroatoms. The predicted molar refractivity (Wildman–Crippen MR) is 147 cm³/mol. The molecule has 0 spiro atoms. The second-order valence-corrected chi connectivity index (χ2v) is 17.1. The molecule has 4 fully saturated rings. The normalized spacial score (nSPS) is 30.8. The lowest BCUT2D eigenvalue weighted by Gasteiger charge is -2.64. The quantitative estimate of drug-likeness (QED) is 0.403. The van der Waals surface area contributed by atoms with Gasteiger partial charge in [-0.15, -0.1) is 6.58 Å². The molecule has 4 aliphatic rings. The predicted octanol–water partition coefficient (Wildman–Crippen LogP) is 6.40. The van der Waals surface area contributed by atoms with Gasteiger partial charge in [0.05, 0.1) is 32.5 Å². The monoisotopic (exact) mass is 488 g/mol. The number of rotatable bonds is 8. The minimum absolute atomic E-state index is 0.00247. The Balaban J connectivity index is 1.41. The molecule has 3 aliphatic carbocycles. The van der Waals surface area contributed by atoms with E-state index in [2.05, 4.69) is 102 Å². The van der Waals surface area contributed by atoms with E-state index in [1.54, 1.807) is 0 Å². The van der Waals surface area contributed by atoms with E-state index in [-0.39, 0.29) is 30.5 Å². The molecule has 0 unspecified atom stereocenters. The van der Waals surface area contributed by atoms with Crippen LogP contribution in [0.4, 0.5) is 0 Å². The Morgan fingerprint density at radius 3 is 2.31 bits per heavy atom. The highest BCUT2D eigenvalue weighted by Crippen LogP contribution is 2.66. The second-order valence-electron chi connectivity index (χ2n) is 12.4. The third kappa shape index (κ3) is 4.19. The van der Waals surface area contributed by atoms with E-state index in [1.807, 2.05) is 6.07 Å². The summed E-state index contributed by atoms with van der Waals surface area (Å²) in [6.45, 7) is 19.5. The summed E-state index contributed by atoms with van der Waals surface area (Å²) in [5.74, 6) is 1.28. The van der Waals surface area contributed by atoms with E-state index in [9.17, 15) is 0 Å². The Hall–Kier alpha value is -1.66. The SMILES string of the molecule is C=C(B1O[C@H]2C[C@H]3C[C@H](C3(C)C)[C@@]2(C)O1)[C@@H]([C@@H](C)OCc1ccccc1)[Si](C)(C)c1ccccc1. The molecular weight excluding hydrogens is 447 g/mol. The van der Waals surface area contributed by atoms with Crippen molar-refractivity contribution >= 4 is 20.4 Å². The van der Waals surface area contributed by atoms with Crippen LogP contribution in [-0.4, -0.2) is 33.0 Å². The van der Waals surface area contributed by atoms with Gasteiger partial charge in [-0.25, -0.2) is 0 Å². The Morgan fingerprint density at radius 2 is 1.69 bits per heavy atom. The van der Waals surface area contributed by atoms with Crippen molar-refractivity contribution in [3.63, 3.8) is 0 Å². The van der Waals surface area contributed by atoms with Crippen molar-refractivity contribution in [2.24, 2.45) is 17.3 Å². The van der Waals surface area contributed by atoms with Gasteiger partial charge in [-0.1, -0.05) is 92.8 Å². The van der Waals surface area contributed by atoms with Crippen LogP contribution < -0.4 is 5.19 Å². The van der Waals surface area contributed by atoms with E-state index in [0.29, 0.717) is 17.9 Å². The summed E-state index contributed by atoms with van der Waals surface area (Å²) >= 11 is 0. The first-order valence-electron chi connectivity index (χ1n) is 13.3. The Kier molecular flexibility index (Phi) is 6.45. The maximum atomic E-state index is 6.87. The summed E-state index contributed by atoms with van der Waals surface area (Å²) in [7, 11) is -2.41. The van der Waals surface area contributed by atoms with Crippen LogP contribution in [0.5, 0.6) is 0 Å². The molecule has 1 aliphatic heterocycles. The van der Waals surface area contributed by atoms with Gasteiger partial charge in [0.1, 0.15) is 0 Å². The van der Waals surface area contributed by atoms with E-state index >= 15 is 0 Å². The minimum atomic E-state index is -2.03. The summed E-state index contributed by atoms with van der Waals surface area (Å²) in [5, 5.41) is 1.41. The number of ether oxygens (including phenoxy) is 1. The minimum Gasteiger partial charge on any atom is -0.402 e. The Bertz CT molecular complexity index is 1060. The molecule has 6 atom stereocenters. The summed E-state index contributed by atoms with van der Waals surface area (Å²) in [6.07, 6.45) is 2.50. The number of benzene rings is 2. The molecule has 0 aromatic heterocycles. The fourth-order valence-electron chi connectivity index (χ4n) is 7.47. The summed E-state index contributed by atoms with van der Waals surface area (Å²) in [6, 6.07) is 21.3. The highest BCUT2D eigenvalue weighted by Gasteiger charge is 2.68. The fourth-order valence-corrected chi connectivity index (χ4v) is 11.2. The Labute approximate surface area is 213 Å². The molecular formula is C30H41BO3Si. The zero-order valence-corrected chi connectivity index (χ0v) is 23.3. The standard InChI is InChI=1S/C30H41BO3Si/c1-21(31-33-27-19-24-18-26(29(24,3)4)30(27,5)34-31)28(35(6,7)25-16-12-9-13-17-25)22(2)32-20-23-14-10-8-11-15-23/h8-17,22,24,26-28H,1,18-20H2,2-7H3/t22-,24-,26-,27+,28+,30-/m1/s1. The van der Waals surface area contributed by atoms with Gasteiger partial charge in [0.25, 0.3) is 0 Å². The first kappa shape index (κ1) is 25.0. The maximum Gasteiger partial charge on any atom is 0.489 e. The molecule has 186 valence electrons. The number of hydrogen-bond acceptors (Lipinski definition) is 3. The zero-order valence-electron chi connectivity index (χ0n) is 22.3. The van der Waals surface area contributed by atoms with Crippen molar-refractivity contribution in [1.82, 2.24) is 0 Å². The lowest BCUT2D eigenvalue weighted by molar-refractivity contribution is -0.199. The van der Waals surface area contributed by atoms with Crippen molar-refractivity contribution in [2.45, 2.75) is 83.6 Å². The van der Waals surface area contributed by atoms with E-state index in [1.165, 1.54) is 17.2 Å². The molecule has 0 N–H and O–H groups in total. The van der Waals surface area contributed by atoms with Crippen LogP contribution >= 0.6 is 0 Å². The third-order valence-electron chi connectivity index (χ3n) is 9.77. The van der Waals surface area contributed by atoms with Crippen LogP contribution in [-0.2, 0) is 20.7 Å². The molecule has 1 saturated heterocycles. The van der Waals surface area contributed by atoms with Crippen molar-refractivity contribution in [3.8, 4) is 0 Å². The van der Waals surface area contributed by atoms with Gasteiger partial charge in [-0.2, -0.15) is 0 Å². The third-order valence-corrected chi connectivity index (χ3v) is 14.0. The second kappa shape index (κ2) is 9.02. The van der Waals surface area contributed by atoms with Crippen LogP contribution in [0.2, 0.25) is 18.6 Å². The molecule has 2 bridgehead atoms. The summed E-state index contributed by atoms with van der Waals surface area (Å²) in [4.78, 5) is 0. The van der Waals surface area contributed by atoms with Crippen molar-refractivity contribution < 1.29 is 14.0 Å². The molecule has 0 radical (unpaired) electrons. The van der Waals surface area contributed by atoms with Crippen LogP contribution in [0.25, 0.3) is 0 Å². The molecule has 35 heavy (non-hydrogen) atoms. The maximum absolute atomic E-state index is 6.87. The van der Waals surface area contributed by atoms with E-state index in [0.717, 1.165) is 17.8 Å². The average molecular weight is 489 g/mol. The molecule has 3 saturated carbocycles. The lowest BCUT2D eigenvalue weighted by atomic mass is 9.43. The van der Waals surface area contributed by atoms with E-state index < -0.39 is 8.07 Å². The molecule has 2 aromatic carbocycles. The van der Waals surface area contributed by atoms with Crippen molar-refractivity contribution in [2.75, 3.05) is 0 Å². The number of hydrogen-bond donors (Lipinski definition) is 0. The van der Waals surface area contributed by atoms with Crippen LogP contribution in [0.1, 0.15) is 46.1 Å². The van der Waals surface area contributed by atoms with Gasteiger partial charge >= 0.3 is 7.12 Å². The molecule has 3 nitrogen and oxygen atoms in total. The smallest absolute Gasteiger partial charge is 0.402 e. The zero-order chi connectivity index (χ0) is 25.0. The highest BCUT2D eigenvalue weighted by molar-refractivity contribution is 6.92. The van der Waals surface area contributed by atoms with E-state index in [4.69, 9.17) is 14.0 Å². The molecule has 2 aromatic rings.